The number of hydrogen-bond donors (Lipinski definition) is 1. The van der Waals surface area contributed by atoms with Gasteiger partial charge in [0, 0.05) is 25.3 Å². The summed E-state index contributed by atoms with van der Waals surface area (Å²) in [6, 6.07) is 0.754. The molecule has 0 amide bonds. The summed E-state index contributed by atoms with van der Waals surface area (Å²) in [6.45, 7) is 5.18. The second-order valence-corrected chi connectivity index (χ2v) is 5.54. The summed E-state index contributed by atoms with van der Waals surface area (Å²) in [6.07, 6.45) is 4.58. The summed E-state index contributed by atoms with van der Waals surface area (Å²) in [4.78, 5) is 4.87. The molecule has 0 atom stereocenters. The van der Waals surface area contributed by atoms with Gasteiger partial charge < -0.3 is 15.1 Å². The van der Waals surface area contributed by atoms with Crippen molar-refractivity contribution in [3.05, 3.63) is 11.9 Å². The van der Waals surface area contributed by atoms with Crippen molar-refractivity contribution in [2.24, 2.45) is 0 Å². The average molecular weight is 266 g/mol. The second kappa shape index (κ2) is 6.98. The van der Waals surface area contributed by atoms with E-state index in [0.717, 1.165) is 31.4 Å². The van der Waals surface area contributed by atoms with Gasteiger partial charge in [0.15, 0.2) is 0 Å². The summed E-state index contributed by atoms with van der Waals surface area (Å²) in [5.74, 6) is 0. The quantitative estimate of drug-likeness (QED) is 0.787. The Kier molecular flexibility index (Phi) is 5.30. The van der Waals surface area contributed by atoms with Crippen molar-refractivity contribution in [1.82, 2.24) is 30.1 Å². The van der Waals surface area contributed by atoms with E-state index in [1.54, 1.807) is 0 Å². The first kappa shape index (κ1) is 14.4. The van der Waals surface area contributed by atoms with Crippen molar-refractivity contribution in [2.45, 2.75) is 32.0 Å². The van der Waals surface area contributed by atoms with Gasteiger partial charge in [0.05, 0.1) is 12.2 Å². The highest BCUT2D eigenvalue weighted by atomic mass is 15.4. The first-order valence-corrected chi connectivity index (χ1v) is 7.11. The molecule has 1 aromatic rings. The number of nitrogens with one attached hydrogen (secondary N) is 1. The maximum Gasteiger partial charge on any atom is 0.0964 e. The fourth-order valence-electron chi connectivity index (χ4n) is 2.61. The molecule has 2 heterocycles. The molecule has 1 N–H and O–H groups in total. The molecular weight excluding hydrogens is 240 g/mol. The van der Waals surface area contributed by atoms with Crippen LogP contribution in [0.15, 0.2) is 6.20 Å². The Labute approximate surface area is 115 Å². The molecule has 2 rings (SSSR count). The molecule has 0 aliphatic carbocycles. The highest BCUT2D eigenvalue weighted by molar-refractivity contribution is 4.91. The molecule has 0 unspecified atom stereocenters. The van der Waals surface area contributed by atoms with Crippen LogP contribution in [0.3, 0.4) is 0 Å². The van der Waals surface area contributed by atoms with Crippen molar-refractivity contribution in [2.75, 3.05) is 40.8 Å². The molecule has 108 valence electrons. The van der Waals surface area contributed by atoms with Crippen LogP contribution in [0.25, 0.3) is 0 Å². The molecule has 0 saturated carbocycles. The standard InChI is InChI=1S/C13H26N6/c1-14-10-12-11-19(16-15-12)9-8-18-6-4-13(5-7-18)17(2)3/h11,13-14H,4-10H2,1-3H3. The van der Waals surface area contributed by atoms with Gasteiger partial charge in [-0.3, -0.25) is 4.68 Å². The van der Waals surface area contributed by atoms with Crippen molar-refractivity contribution in [3.63, 3.8) is 0 Å². The lowest BCUT2D eigenvalue weighted by Gasteiger charge is -2.35. The summed E-state index contributed by atoms with van der Waals surface area (Å²) >= 11 is 0. The molecule has 1 aromatic heterocycles. The summed E-state index contributed by atoms with van der Waals surface area (Å²) in [5, 5.41) is 11.4. The average Bonchev–Trinajstić information content (AvgIpc) is 2.85. The van der Waals surface area contributed by atoms with Crippen LogP contribution in [0.2, 0.25) is 0 Å². The van der Waals surface area contributed by atoms with Gasteiger partial charge in [-0.15, -0.1) is 5.10 Å². The largest absolute Gasteiger partial charge is 0.314 e. The van der Waals surface area contributed by atoms with Crippen molar-refractivity contribution in [3.8, 4) is 0 Å². The van der Waals surface area contributed by atoms with Crippen molar-refractivity contribution >= 4 is 0 Å². The van der Waals surface area contributed by atoms with Gasteiger partial charge in [-0.1, -0.05) is 5.21 Å². The van der Waals surface area contributed by atoms with E-state index in [1.807, 2.05) is 17.9 Å². The summed E-state index contributed by atoms with van der Waals surface area (Å²) < 4.78 is 1.95. The number of aromatic nitrogens is 3. The number of hydrogen-bond acceptors (Lipinski definition) is 5. The van der Waals surface area contributed by atoms with Gasteiger partial charge in [-0.25, -0.2) is 0 Å². The molecule has 6 heteroatoms. The third-order valence-electron chi connectivity index (χ3n) is 3.88. The molecule has 0 bridgehead atoms. The maximum absolute atomic E-state index is 4.15. The Hall–Kier alpha value is -0.980. The lowest BCUT2D eigenvalue weighted by atomic mass is 10.0. The molecular formula is C13H26N6. The summed E-state index contributed by atoms with van der Waals surface area (Å²) in [5.41, 5.74) is 1.01. The van der Waals surface area contributed by atoms with Gasteiger partial charge in [-0.2, -0.15) is 0 Å². The first-order chi connectivity index (χ1) is 9.19. The van der Waals surface area contributed by atoms with E-state index in [9.17, 15) is 0 Å². The zero-order valence-electron chi connectivity index (χ0n) is 12.3. The highest BCUT2D eigenvalue weighted by Gasteiger charge is 2.20. The van der Waals surface area contributed by atoms with Crippen molar-refractivity contribution < 1.29 is 0 Å². The Morgan fingerprint density at radius 2 is 2.05 bits per heavy atom. The number of rotatable bonds is 6. The van der Waals surface area contributed by atoms with Crippen LogP contribution in [0.1, 0.15) is 18.5 Å². The van der Waals surface area contributed by atoms with Gasteiger partial charge in [0.25, 0.3) is 0 Å². The molecule has 1 aliphatic heterocycles. The van der Waals surface area contributed by atoms with Crippen LogP contribution in [0.5, 0.6) is 0 Å². The molecule has 6 nitrogen and oxygen atoms in total. The van der Waals surface area contributed by atoms with E-state index in [4.69, 9.17) is 0 Å². The number of piperidine rings is 1. The predicted octanol–water partition coefficient (Wildman–Crippen LogP) is 0.0235. The Bertz CT molecular complexity index is 367. The molecule has 0 aromatic carbocycles. The fraction of sp³-hybridized carbons (Fsp3) is 0.846. The Balaban J connectivity index is 1.71. The molecule has 0 radical (unpaired) electrons. The van der Waals surface area contributed by atoms with E-state index in [2.05, 4.69) is 39.5 Å². The number of likely N-dealkylation sites (tertiary alicyclic amines) is 1. The van der Waals surface area contributed by atoms with Crippen LogP contribution in [0, 0.1) is 0 Å². The third kappa shape index (κ3) is 4.26. The highest BCUT2D eigenvalue weighted by Crippen LogP contribution is 2.13. The molecule has 0 spiro atoms. The van der Waals surface area contributed by atoms with E-state index < -0.39 is 0 Å². The maximum atomic E-state index is 4.15. The van der Waals surface area contributed by atoms with Gasteiger partial charge in [0.1, 0.15) is 0 Å². The lowest BCUT2D eigenvalue weighted by Crippen LogP contribution is -2.42. The van der Waals surface area contributed by atoms with Crippen LogP contribution < -0.4 is 5.32 Å². The molecule has 1 aliphatic rings. The minimum absolute atomic E-state index is 0.754. The van der Waals surface area contributed by atoms with Crippen molar-refractivity contribution in [1.29, 1.82) is 0 Å². The minimum Gasteiger partial charge on any atom is -0.314 e. The van der Waals surface area contributed by atoms with E-state index in [1.165, 1.54) is 25.9 Å². The molecule has 1 saturated heterocycles. The lowest BCUT2D eigenvalue weighted by molar-refractivity contribution is 0.140. The first-order valence-electron chi connectivity index (χ1n) is 7.11. The Morgan fingerprint density at radius 3 is 2.68 bits per heavy atom. The smallest absolute Gasteiger partial charge is 0.0964 e. The van der Waals surface area contributed by atoms with Gasteiger partial charge >= 0.3 is 0 Å². The monoisotopic (exact) mass is 266 g/mol. The summed E-state index contributed by atoms with van der Waals surface area (Å²) in [7, 11) is 6.28. The topological polar surface area (TPSA) is 49.2 Å². The molecule has 1 fully saturated rings. The van der Waals surface area contributed by atoms with Crippen LogP contribution in [-0.2, 0) is 13.1 Å². The predicted molar refractivity (Wildman–Crippen MR) is 75.9 cm³/mol. The third-order valence-corrected chi connectivity index (χ3v) is 3.88. The number of nitrogens with zero attached hydrogens (tertiary/aromatic N) is 5. The van der Waals surface area contributed by atoms with E-state index in [0.29, 0.717) is 0 Å². The van der Waals surface area contributed by atoms with Crippen LogP contribution in [-0.4, -0.2) is 71.6 Å². The van der Waals surface area contributed by atoms with Gasteiger partial charge in [-0.05, 0) is 47.1 Å². The van der Waals surface area contributed by atoms with E-state index in [-0.39, 0.29) is 0 Å². The van der Waals surface area contributed by atoms with E-state index >= 15 is 0 Å². The SMILES string of the molecule is CNCc1cn(CCN2CCC(N(C)C)CC2)nn1. The normalized spacial score (nSPS) is 18.3. The zero-order chi connectivity index (χ0) is 13.7. The van der Waals surface area contributed by atoms with Crippen LogP contribution in [0.4, 0.5) is 0 Å². The second-order valence-electron chi connectivity index (χ2n) is 5.54. The Morgan fingerprint density at radius 1 is 1.32 bits per heavy atom. The molecule has 19 heavy (non-hydrogen) atoms. The fourth-order valence-corrected chi connectivity index (χ4v) is 2.61. The minimum atomic E-state index is 0.754. The van der Waals surface area contributed by atoms with Gasteiger partial charge in [0.2, 0.25) is 0 Å². The zero-order valence-corrected chi connectivity index (χ0v) is 12.3. The van der Waals surface area contributed by atoms with Crippen LogP contribution >= 0.6 is 0 Å².